The average molecular weight is 378 g/mol. The quantitative estimate of drug-likeness (QED) is 0.672. The number of H-pyrrole nitrogens is 1. The number of aromatic amines is 1. The van der Waals surface area contributed by atoms with Gasteiger partial charge in [-0.15, -0.1) is 0 Å². The maximum Gasteiger partial charge on any atom is 0.419 e. The highest BCUT2D eigenvalue weighted by Crippen LogP contribution is 2.32. The first-order valence-corrected chi connectivity index (χ1v) is 7.93. The molecule has 0 aliphatic heterocycles. The molecule has 3 rings (SSSR count). The Labute approximate surface area is 150 Å². The molecule has 0 radical (unpaired) electrons. The Bertz CT molecular complexity index is 1090. The highest BCUT2D eigenvalue weighted by Gasteiger charge is 2.34. The van der Waals surface area contributed by atoms with Crippen LogP contribution in [0, 0.1) is 12.7 Å². The van der Waals surface area contributed by atoms with Crippen LogP contribution >= 0.6 is 0 Å². The van der Waals surface area contributed by atoms with Crippen LogP contribution < -0.4 is 10.9 Å². The Morgan fingerprint density at radius 2 is 1.85 bits per heavy atom. The average Bonchev–Trinajstić information content (AvgIpc) is 2.58. The maximum absolute atomic E-state index is 13.4. The van der Waals surface area contributed by atoms with Gasteiger partial charge in [-0.2, -0.15) is 13.2 Å². The molecule has 4 nitrogen and oxygen atoms in total. The predicted molar refractivity (Wildman–Crippen MR) is 93.0 cm³/mol. The van der Waals surface area contributed by atoms with Gasteiger partial charge in [0.1, 0.15) is 5.82 Å². The third kappa shape index (κ3) is 3.84. The number of hydrogen-bond donors (Lipinski definition) is 2. The molecule has 27 heavy (non-hydrogen) atoms. The minimum absolute atomic E-state index is 0.0250. The summed E-state index contributed by atoms with van der Waals surface area (Å²) in [6.07, 6.45) is -3.78. The minimum Gasteiger partial charge on any atom is -0.329 e. The zero-order valence-corrected chi connectivity index (χ0v) is 14.1. The highest BCUT2D eigenvalue weighted by atomic mass is 19.4. The van der Waals surface area contributed by atoms with Gasteiger partial charge < -0.3 is 10.3 Å². The van der Waals surface area contributed by atoms with E-state index in [1.54, 1.807) is 25.1 Å². The van der Waals surface area contributed by atoms with Crippen LogP contribution in [0.3, 0.4) is 0 Å². The molecule has 3 aromatic rings. The first-order chi connectivity index (χ1) is 12.7. The number of hydrogen-bond acceptors (Lipinski definition) is 2. The molecular formula is C19H14F4N2O2. The van der Waals surface area contributed by atoms with Crippen molar-refractivity contribution in [2.75, 3.05) is 5.32 Å². The summed E-state index contributed by atoms with van der Waals surface area (Å²) in [4.78, 5) is 26.7. The fourth-order valence-electron chi connectivity index (χ4n) is 2.81. The lowest BCUT2D eigenvalue weighted by Gasteiger charge is -2.13. The summed E-state index contributed by atoms with van der Waals surface area (Å²) in [5, 5.41) is 3.53. The molecule has 140 valence electrons. The smallest absolute Gasteiger partial charge is 0.329 e. The van der Waals surface area contributed by atoms with Crippen molar-refractivity contribution in [3.8, 4) is 0 Å². The second kappa shape index (κ2) is 6.86. The van der Waals surface area contributed by atoms with E-state index in [4.69, 9.17) is 0 Å². The fraction of sp³-hybridized carbons (Fsp3) is 0.158. The third-order valence-electron chi connectivity index (χ3n) is 4.13. The van der Waals surface area contributed by atoms with E-state index < -0.39 is 23.5 Å². The minimum atomic E-state index is -4.84. The number of anilines is 1. The van der Waals surface area contributed by atoms with Gasteiger partial charge in [0.2, 0.25) is 5.91 Å². The Kier molecular flexibility index (Phi) is 4.73. The topological polar surface area (TPSA) is 62.0 Å². The maximum atomic E-state index is 13.4. The number of carbonyl (C=O) groups excluding carboxylic acids is 1. The van der Waals surface area contributed by atoms with E-state index in [2.05, 4.69) is 10.3 Å². The molecule has 2 N–H and O–H groups in total. The van der Waals surface area contributed by atoms with E-state index in [-0.39, 0.29) is 17.5 Å². The molecule has 0 spiro atoms. The molecule has 0 aliphatic rings. The molecule has 0 atom stereocenters. The zero-order valence-electron chi connectivity index (χ0n) is 14.1. The molecule has 0 saturated heterocycles. The summed E-state index contributed by atoms with van der Waals surface area (Å²) in [5.74, 6) is -1.97. The van der Waals surface area contributed by atoms with Gasteiger partial charge >= 0.3 is 6.18 Å². The van der Waals surface area contributed by atoms with Crippen molar-refractivity contribution in [3.63, 3.8) is 0 Å². The van der Waals surface area contributed by atoms with Gasteiger partial charge in [0.15, 0.2) is 0 Å². The van der Waals surface area contributed by atoms with Crippen molar-refractivity contribution in [2.45, 2.75) is 19.5 Å². The number of nitrogens with one attached hydrogen (secondary N) is 2. The van der Waals surface area contributed by atoms with E-state index in [1.165, 1.54) is 6.20 Å². The van der Waals surface area contributed by atoms with Gasteiger partial charge in [-0.25, -0.2) is 4.39 Å². The van der Waals surface area contributed by atoms with E-state index in [1.807, 2.05) is 0 Å². The summed E-state index contributed by atoms with van der Waals surface area (Å²) in [6.45, 7) is 1.73. The van der Waals surface area contributed by atoms with Crippen LogP contribution in [-0.2, 0) is 17.4 Å². The van der Waals surface area contributed by atoms with Crippen molar-refractivity contribution < 1.29 is 22.4 Å². The molecular weight excluding hydrogens is 364 g/mol. The van der Waals surface area contributed by atoms with E-state index >= 15 is 0 Å². The number of halogens is 4. The van der Waals surface area contributed by atoms with E-state index in [9.17, 15) is 27.2 Å². The second-order valence-electron chi connectivity index (χ2n) is 6.06. The molecule has 0 fully saturated rings. The van der Waals surface area contributed by atoms with Gasteiger partial charge in [0.05, 0.1) is 17.7 Å². The van der Waals surface area contributed by atoms with Crippen molar-refractivity contribution in [1.82, 2.24) is 4.98 Å². The van der Waals surface area contributed by atoms with Crippen LogP contribution in [-0.4, -0.2) is 10.9 Å². The largest absolute Gasteiger partial charge is 0.419 e. The van der Waals surface area contributed by atoms with E-state index in [0.717, 1.165) is 6.07 Å². The first-order valence-electron chi connectivity index (χ1n) is 7.93. The lowest BCUT2D eigenvalue weighted by atomic mass is 10.0. The normalized spacial score (nSPS) is 11.6. The number of benzene rings is 2. The standard InChI is InChI=1S/C19H14F4N2O2/c1-10-2-4-13-12(6-7-24-18(13)27)17(10)25-16(26)9-11-3-5-15(20)14(8-11)19(21,22)23/h2-8H,9H2,1H3,(H,24,27)(H,25,26). The number of rotatable bonds is 3. The van der Waals surface area contributed by atoms with Crippen LogP contribution in [0.25, 0.3) is 10.8 Å². The number of amides is 1. The van der Waals surface area contributed by atoms with Crippen molar-refractivity contribution in [1.29, 1.82) is 0 Å². The fourth-order valence-corrected chi connectivity index (χ4v) is 2.81. The molecule has 0 aliphatic carbocycles. The number of aromatic nitrogens is 1. The molecule has 0 unspecified atom stereocenters. The Morgan fingerprint density at radius 1 is 1.11 bits per heavy atom. The molecule has 0 saturated carbocycles. The van der Waals surface area contributed by atoms with Crippen LogP contribution in [0.15, 0.2) is 47.4 Å². The summed E-state index contributed by atoms with van der Waals surface area (Å²) < 4.78 is 51.8. The predicted octanol–water partition coefficient (Wildman–Crippen LogP) is 4.18. The number of alkyl halides is 3. The van der Waals surface area contributed by atoms with Crippen LogP contribution in [0.2, 0.25) is 0 Å². The summed E-state index contributed by atoms with van der Waals surface area (Å²) in [6, 6.07) is 7.34. The molecule has 1 aromatic heterocycles. The molecule has 8 heteroatoms. The first kappa shape index (κ1) is 18.6. The van der Waals surface area contributed by atoms with Gasteiger partial charge in [0.25, 0.3) is 5.56 Å². The zero-order chi connectivity index (χ0) is 19.8. The summed E-state index contributed by atoms with van der Waals surface area (Å²) >= 11 is 0. The monoisotopic (exact) mass is 378 g/mol. The number of aryl methyl sites for hydroxylation is 1. The Morgan fingerprint density at radius 3 is 2.56 bits per heavy atom. The van der Waals surface area contributed by atoms with Gasteiger partial charge in [0, 0.05) is 17.0 Å². The van der Waals surface area contributed by atoms with Gasteiger partial charge in [-0.1, -0.05) is 12.1 Å². The van der Waals surface area contributed by atoms with Crippen LogP contribution in [0.4, 0.5) is 23.2 Å². The lowest BCUT2D eigenvalue weighted by molar-refractivity contribution is -0.140. The van der Waals surface area contributed by atoms with Crippen molar-refractivity contribution in [3.05, 3.63) is 75.5 Å². The van der Waals surface area contributed by atoms with Gasteiger partial charge in [-0.05, 0) is 42.3 Å². The highest BCUT2D eigenvalue weighted by molar-refractivity contribution is 6.03. The molecule has 0 bridgehead atoms. The summed E-state index contributed by atoms with van der Waals surface area (Å²) in [5.41, 5.74) is -0.618. The number of fused-ring (bicyclic) bond motifs is 1. The van der Waals surface area contributed by atoms with E-state index in [0.29, 0.717) is 34.2 Å². The lowest BCUT2D eigenvalue weighted by Crippen LogP contribution is -2.17. The summed E-state index contributed by atoms with van der Waals surface area (Å²) in [7, 11) is 0. The number of carbonyl (C=O) groups is 1. The molecule has 1 heterocycles. The van der Waals surface area contributed by atoms with Crippen molar-refractivity contribution >= 4 is 22.4 Å². The SMILES string of the molecule is Cc1ccc2c(=O)[nH]ccc2c1NC(=O)Cc1ccc(F)c(C(F)(F)F)c1. The number of pyridine rings is 1. The van der Waals surface area contributed by atoms with Crippen LogP contribution in [0.1, 0.15) is 16.7 Å². The third-order valence-corrected chi connectivity index (χ3v) is 4.13. The Balaban J connectivity index is 1.90. The molecule has 1 amide bonds. The Hall–Kier alpha value is -3.16. The molecule has 2 aromatic carbocycles. The second-order valence-corrected chi connectivity index (χ2v) is 6.06. The van der Waals surface area contributed by atoms with Crippen LogP contribution in [0.5, 0.6) is 0 Å². The van der Waals surface area contributed by atoms with Gasteiger partial charge in [-0.3, -0.25) is 9.59 Å². The van der Waals surface area contributed by atoms with Crippen molar-refractivity contribution in [2.24, 2.45) is 0 Å².